The van der Waals surface area contributed by atoms with E-state index >= 15 is 0 Å². The molecule has 0 fully saturated rings. The molecule has 3 N–H and O–H groups in total. The van der Waals surface area contributed by atoms with Crippen LogP contribution in [0.1, 0.15) is 11.1 Å². The van der Waals surface area contributed by atoms with Crippen LogP contribution in [0.25, 0.3) is 0 Å². The average Bonchev–Trinajstić information content (AvgIpc) is 2.87. The van der Waals surface area contributed by atoms with Gasteiger partial charge in [-0.1, -0.05) is 48.0 Å². The molecule has 3 aromatic rings. The number of hydrogen-bond acceptors (Lipinski definition) is 6. The normalized spacial score (nSPS) is 10.5. The van der Waals surface area contributed by atoms with Gasteiger partial charge in [0.25, 0.3) is 5.91 Å². The molecule has 0 aliphatic heterocycles. The Morgan fingerprint density at radius 2 is 1.77 bits per heavy atom. The van der Waals surface area contributed by atoms with Crippen LogP contribution >= 0.6 is 11.6 Å². The summed E-state index contributed by atoms with van der Waals surface area (Å²) in [5.41, 5.74) is 3.90. The first-order chi connectivity index (χ1) is 16.9. The molecule has 0 radical (unpaired) electrons. The predicted octanol–water partition coefficient (Wildman–Crippen LogP) is 3.13. The van der Waals surface area contributed by atoms with E-state index in [0.29, 0.717) is 34.3 Å². The largest absolute Gasteiger partial charge is 0.497 e. The minimum atomic E-state index is -0.978. The van der Waals surface area contributed by atoms with E-state index in [0.717, 1.165) is 5.56 Å². The Labute approximate surface area is 207 Å². The van der Waals surface area contributed by atoms with Crippen molar-refractivity contribution >= 4 is 41.2 Å². The second-order valence-corrected chi connectivity index (χ2v) is 7.55. The van der Waals surface area contributed by atoms with Gasteiger partial charge in [0.2, 0.25) is 0 Å². The first kappa shape index (κ1) is 25.3. The third kappa shape index (κ3) is 8.17. The van der Waals surface area contributed by atoms with Crippen molar-refractivity contribution in [2.45, 2.75) is 6.54 Å². The second kappa shape index (κ2) is 12.8. The molecule has 180 valence electrons. The van der Waals surface area contributed by atoms with Crippen LogP contribution in [0, 0.1) is 0 Å². The molecule has 0 bridgehead atoms. The van der Waals surface area contributed by atoms with Crippen molar-refractivity contribution in [3.05, 3.63) is 88.9 Å². The predicted molar refractivity (Wildman–Crippen MR) is 133 cm³/mol. The number of nitrogens with zero attached hydrogens (tertiary/aromatic N) is 1. The second-order valence-electron chi connectivity index (χ2n) is 7.12. The lowest BCUT2D eigenvalue weighted by molar-refractivity contribution is -0.136. The molecule has 0 saturated heterocycles. The number of rotatable bonds is 9. The molecular formula is C25H23ClN4O5. The van der Waals surface area contributed by atoms with E-state index in [1.165, 1.54) is 13.3 Å². The lowest BCUT2D eigenvalue weighted by atomic mass is 10.2. The van der Waals surface area contributed by atoms with Crippen LogP contribution in [0.2, 0.25) is 5.02 Å². The maximum Gasteiger partial charge on any atom is 0.329 e. The summed E-state index contributed by atoms with van der Waals surface area (Å²) in [6.07, 6.45) is 1.26. The van der Waals surface area contributed by atoms with Crippen molar-refractivity contribution in [1.29, 1.82) is 0 Å². The van der Waals surface area contributed by atoms with E-state index in [4.69, 9.17) is 21.1 Å². The van der Waals surface area contributed by atoms with E-state index in [1.807, 2.05) is 30.3 Å². The van der Waals surface area contributed by atoms with Crippen molar-refractivity contribution in [2.24, 2.45) is 5.10 Å². The number of carbonyl (C=O) groups excluding carboxylic acids is 3. The Morgan fingerprint density at radius 3 is 2.54 bits per heavy atom. The van der Waals surface area contributed by atoms with Crippen LogP contribution in [-0.2, 0) is 20.9 Å². The van der Waals surface area contributed by atoms with Gasteiger partial charge in [0.05, 0.1) is 13.3 Å². The highest BCUT2D eigenvalue weighted by atomic mass is 35.5. The summed E-state index contributed by atoms with van der Waals surface area (Å²) in [5, 5.41) is 9.40. The molecule has 0 atom stereocenters. The number of benzene rings is 3. The molecule has 3 rings (SSSR count). The van der Waals surface area contributed by atoms with Gasteiger partial charge in [0, 0.05) is 28.9 Å². The number of nitrogens with one attached hydrogen (secondary N) is 3. The van der Waals surface area contributed by atoms with Crippen molar-refractivity contribution in [1.82, 2.24) is 10.7 Å². The Morgan fingerprint density at radius 1 is 0.971 bits per heavy atom. The summed E-state index contributed by atoms with van der Waals surface area (Å²) < 4.78 is 10.7. The van der Waals surface area contributed by atoms with Gasteiger partial charge >= 0.3 is 11.8 Å². The van der Waals surface area contributed by atoms with Crippen LogP contribution in [0.4, 0.5) is 5.69 Å². The first-order valence-corrected chi connectivity index (χ1v) is 10.8. The van der Waals surface area contributed by atoms with E-state index < -0.39 is 11.8 Å². The summed E-state index contributed by atoms with van der Waals surface area (Å²) in [4.78, 5) is 36.3. The minimum absolute atomic E-state index is 0.232. The molecule has 3 aromatic carbocycles. The van der Waals surface area contributed by atoms with Crippen LogP contribution in [0.3, 0.4) is 0 Å². The summed E-state index contributed by atoms with van der Waals surface area (Å²) in [7, 11) is 1.49. The van der Waals surface area contributed by atoms with Crippen LogP contribution < -0.4 is 25.5 Å². The summed E-state index contributed by atoms with van der Waals surface area (Å²) >= 11 is 6.05. The number of anilines is 1. The fourth-order valence-corrected chi connectivity index (χ4v) is 3.02. The molecule has 0 spiro atoms. The number of halogens is 1. The zero-order valence-electron chi connectivity index (χ0n) is 18.8. The monoisotopic (exact) mass is 494 g/mol. The molecule has 0 unspecified atom stereocenters. The van der Waals surface area contributed by atoms with Gasteiger partial charge in [-0.25, -0.2) is 5.43 Å². The lowest BCUT2D eigenvalue weighted by Gasteiger charge is -2.10. The summed E-state index contributed by atoms with van der Waals surface area (Å²) in [6, 6.07) is 20.8. The highest BCUT2D eigenvalue weighted by Gasteiger charge is 2.13. The molecule has 0 aliphatic rings. The maximum absolute atomic E-state index is 12.1. The van der Waals surface area contributed by atoms with Crippen molar-refractivity contribution in [2.75, 3.05) is 19.0 Å². The first-order valence-electron chi connectivity index (χ1n) is 10.5. The summed E-state index contributed by atoms with van der Waals surface area (Å²) in [5.74, 6) is -1.34. The molecular weight excluding hydrogens is 472 g/mol. The minimum Gasteiger partial charge on any atom is -0.497 e. The zero-order chi connectivity index (χ0) is 25.0. The van der Waals surface area contributed by atoms with Crippen LogP contribution in [0.15, 0.2) is 77.9 Å². The number of amides is 3. The molecule has 10 heteroatoms. The fourth-order valence-electron chi connectivity index (χ4n) is 2.84. The van der Waals surface area contributed by atoms with E-state index in [1.54, 1.807) is 42.5 Å². The summed E-state index contributed by atoms with van der Waals surface area (Å²) in [6.45, 7) is 0.145. The fraction of sp³-hybridized carbons (Fsp3) is 0.120. The molecule has 0 aromatic heterocycles. The van der Waals surface area contributed by atoms with Gasteiger partial charge in [0.15, 0.2) is 6.61 Å². The molecule has 0 saturated carbocycles. The molecule has 3 amide bonds. The standard InChI is InChI=1S/C25H23ClN4O5/c1-34-21-9-5-8-20(13-21)29-24(32)25(33)30-28-15-18-12-19(26)10-11-22(18)35-16-23(31)27-14-17-6-3-2-4-7-17/h2-13,15H,14,16H2,1H3,(H,27,31)(H,29,32)(H,30,33)/b28-15-. The average molecular weight is 495 g/mol. The Kier molecular flexibility index (Phi) is 9.21. The van der Waals surface area contributed by atoms with Gasteiger partial charge in [0.1, 0.15) is 11.5 Å². The number of ether oxygens (including phenoxy) is 2. The van der Waals surface area contributed by atoms with Gasteiger partial charge in [-0.05, 0) is 35.9 Å². The van der Waals surface area contributed by atoms with Gasteiger partial charge in [-0.3, -0.25) is 14.4 Å². The maximum atomic E-state index is 12.1. The van der Waals surface area contributed by atoms with Crippen molar-refractivity contribution in [3.63, 3.8) is 0 Å². The quantitative estimate of drug-likeness (QED) is 0.240. The van der Waals surface area contributed by atoms with Gasteiger partial charge < -0.3 is 20.1 Å². The third-order valence-electron chi connectivity index (χ3n) is 4.57. The molecule has 0 heterocycles. The highest BCUT2D eigenvalue weighted by molar-refractivity contribution is 6.39. The molecule has 35 heavy (non-hydrogen) atoms. The molecule has 9 nitrogen and oxygen atoms in total. The molecule has 0 aliphatic carbocycles. The Bertz CT molecular complexity index is 1220. The number of methoxy groups -OCH3 is 1. The lowest BCUT2D eigenvalue weighted by Crippen LogP contribution is -2.32. The highest BCUT2D eigenvalue weighted by Crippen LogP contribution is 2.21. The van der Waals surface area contributed by atoms with Crippen molar-refractivity contribution in [3.8, 4) is 11.5 Å². The van der Waals surface area contributed by atoms with Crippen LogP contribution in [0.5, 0.6) is 11.5 Å². The van der Waals surface area contributed by atoms with Crippen LogP contribution in [-0.4, -0.2) is 37.7 Å². The number of carbonyl (C=O) groups is 3. The topological polar surface area (TPSA) is 118 Å². The smallest absolute Gasteiger partial charge is 0.329 e. The van der Waals surface area contributed by atoms with Crippen molar-refractivity contribution < 1.29 is 23.9 Å². The Hall–Kier alpha value is -4.37. The number of hydrogen-bond donors (Lipinski definition) is 3. The van der Waals surface area contributed by atoms with E-state index in [2.05, 4.69) is 21.2 Å². The van der Waals surface area contributed by atoms with Gasteiger partial charge in [-0.2, -0.15) is 5.10 Å². The van der Waals surface area contributed by atoms with Gasteiger partial charge in [-0.15, -0.1) is 0 Å². The third-order valence-corrected chi connectivity index (χ3v) is 4.80. The number of hydrazone groups is 1. The Balaban J connectivity index is 1.53. The van der Waals surface area contributed by atoms with E-state index in [-0.39, 0.29) is 12.5 Å². The SMILES string of the molecule is COc1cccc(NC(=O)C(=O)N/N=C\c2cc(Cl)ccc2OCC(=O)NCc2ccccc2)c1. The zero-order valence-corrected chi connectivity index (χ0v) is 19.5. The van der Waals surface area contributed by atoms with E-state index in [9.17, 15) is 14.4 Å².